The Kier molecular flexibility index (Phi) is 3.29. The van der Waals surface area contributed by atoms with Crippen molar-refractivity contribution < 1.29 is 0 Å². The van der Waals surface area contributed by atoms with Crippen LogP contribution >= 0.6 is 11.6 Å². The Hall–Kier alpha value is -1.42. The van der Waals surface area contributed by atoms with Crippen molar-refractivity contribution in [2.75, 3.05) is 5.88 Å². The quantitative estimate of drug-likeness (QED) is 0.737. The smallest absolute Gasteiger partial charge is 0.0839 e. The second-order valence-electron chi connectivity index (χ2n) is 3.20. The van der Waals surface area contributed by atoms with Crippen molar-refractivity contribution in [2.24, 2.45) is 0 Å². The highest BCUT2D eigenvalue weighted by molar-refractivity contribution is 6.17. The van der Waals surface area contributed by atoms with Crippen molar-refractivity contribution in [1.82, 2.24) is 20.0 Å². The third-order valence-corrected chi connectivity index (χ3v) is 2.22. The van der Waals surface area contributed by atoms with Gasteiger partial charge in [0.15, 0.2) is 0 Å². The molecule has 0 atom stereocenters. The zero-order valence-electron chi connectivity index (χ0n) is 8.17. The first-order valence-electron chi connectivity index (χ1n) is 4.72. The molecule has 2 rings (SSSR count). The first-order chi connectivity index (χ1) is 7.38. The molecule has 0 unspecified atom stereocenters. The van der Waals surface area contributed by atoms with Crippen molar-refractivity contribution in [1.29, 1.82) is 0 Å². The van der Waals surface area contributed by atoms with Gasteiger partial charge in [0.2, 0.25) is 0 Å². The number of aromatic nitrogens is 4. The van der Waals surface area contributed by atoms with E-state index in [1.54, 1.807) is 17.1 Å². The van der Waals surface area contributed by atoms with Gasteiger partial charge in [-0.25, -0.2) is 4.68 Å². The van der Waals surface area contributed by atoms with Crippen LogP contribution in [0.4, 0.5) is 0 Å². The van der Waals surface area contributed by atoms with Crippen molar-refractivity contribution in [3.63, 3.8) is 0 Å². The maximum atomic E-state index is 5.62. The van der Waals surface area contributed by atoms with Crippen LogP contribution in [-0.2, 0) is 13.0 Å². The lowest BCUT2D eigenvalue weighted by molar-refractivity contribution is 0.649. The fourth-order valence-corrected chi connectivity index (χ4v) is 1.50. The van der Waals surface area contributed by atoms with E-state index in [0.29, 0.717) is 5.88 Å². The molecule has 0 saturated heterocycles. The zero-order valence-corrected chi connectivity index (χ0v) is 8.93. The van der Waals surface area contributed by atoms with Gasteiger partial charge >= 0.3 is 0 Å². The molecule has 0 bridgehead atoms. The van der Waals surface area contributed by atoms with Gasteiger partial charge in [-0.2, -0.15) is 0 Å². The molecule has 0 saturated carbocycles. The van der Waals surface area contributed by atoms with Gasteiger partial charge in [-0.15, -0.1) is 16.7 Å². The molecular weight excluding hydrogens is 212 g/mol. The van der Waals surface area contributed by atoms with Crippen LogP contribution in [0, 0.1) is 0 Å². The Balaban J connectivity index is 2.05. The van der Waals surface area contributed by atoms with Crippen LogP contribution in [0.15, 0.2) is 30.7 Å². The molecular formula is C10H11ClN4. The first kappa shape index (κ1) is 10.1. The van der Waals surface area contributed by atoms with Crippen LogP contribution in [0.2, 0.25) is 0 Å². The third-order valence-electron chi connectivity index (χ3n) is 2.03. The van der Waals surface area contributed by atoms with Gasteiger partial charge in [-0.3, -0.25) is 4.98 Å². The summed E-state index contributed by atoms with van der Waals surface area (Å²) in [6.45, 7) is 0.720. The van der Waals surface area contributed by atoms with E-state index in [9.17, 15) is 0 Å². The second kappa shape index (κ2) is 4.89. The molecule has 0 aromatic carbocycles. The van der Waals surface area contributed by atoms with Crippen LogP contribution in [0.5, 0.6) is 0 Å². The average molecular weight is 223 g/mol. The maximum absolute atomic E-state index is 5.62. The number of hydrogen-bond donors (Lipinski definition) is 0. The number of halogens is 1. The SMILES string of the molecule is ClCCc1cn(Cc2ccncc2)nn1. The average Bonchev–Trinajstić information content (AvgIpc) is 2.68. The predicted molar refractivity (Wildman–Crippen MR) is 57.8 cm³/mol. The van der Waals surface area contributed by atoms with Crippen LogP contribution in [-0.4, -0.2) is 25.9 Å². The fourth-order valence-electron chi connectivity index (χ4n) is 1.30. The molecule has 0 fully saturated rings. The minimum absolute atomic E-state index is 0.577. The van der Waals surface area contributed by atoms with E-state index in [4.69, 9.17) is 11.6 Å². The first-order valence-corrected chi connectivity index (χ1v) is 5.26. The predicted octanol–water partition coefficient (Wildman–Crippen LogP) is 1.50. The van der Waals surface area contributed by atoms with Crippen molar-refractivity contribution in [3.8, 4) is 0 Å². The van der Waals surface area contributed by atoms with Crippen LogP contribution in [0.3, 0.4) is 0 Å². The lowest BCUT2D eigenvalue weighted by Gasteiger charge is -1.98. The zero-order chi connectivity index (χ0) is 10.5. The van der Waals surface area contributed by atoms with E-state index in [-0.39, 0.29) is 0 Å². The monoisotopic (exact) mass is 222 g/mol. The second-order valence-corrected chi connectivity index (χ2v) is 3.58. The molecule has 0 radical (unpaired) electrons. The van der Waals surface area contributed by atoms with E-state index in [1.165, 1.54) is 0 Å². The molecule has 5 heteroatoms. The Morgan fingerprint density at radius 3 is 2.80 bits per heavy atom. The summed E-state index contributed by atoms with van der Waals surface area (Å²) >= 11 is 5.62. The van der Waals surface area contributed by atoms with Gasteiger partial charge in [-0.1, -0.05) is 5.21 Å². The Morgan fingerprint density at radius 2 is 2.07 bits per heavy atom. The summed E-state index contributed by atoms with van der Waals surface area (Å²) in [4.78, 5) is 3.96. The standard InChI is InChI=1S/C10H11ClN4/c11-4-1-10-8-15(14-13-10)7-9-2-5-12-6-3-9/h2-3,5-6,8H,1,4,7H2. The van der Waals surface area contributed by atoms with Crippen molar-refractivity contribution in [3.05, 3.63) is 42.0 Å². The molecule has 4 nitrogen and oxygen atoms in total. The molecule has 78 valence electrons. The molecule has 0 aliphatic rings. The highest BCUT2D eigenvalue weighted by atomic mass is 35.5. The lowest BCUT2D eigenvalue weighted by Crippen LogP contribution is -2.00. The maximum Gasteiger partial charge on any atom is 0.0839 e. The summed E-state index contributed by atoms with van der Waals surface area (Å²) < 4.78 is 1.80. The number of hydrogen-bond acceptors (Lipinski definition) is 3. The van der Waals surface area contributed by atoms with Crippen molar-refractivity contribution >= 4 is 11.6 Å². The molecule has 0 N–H and O–H groups in total. The Labute approximate surface area is 92.9 Å². The summed E-state index contributed by atoms with van der Waals surface area (Å²) in [6.07, 6.45) is 6.22. The number of pyridine rings is 1. The van der Waals surface area contributed by atoms with E-state index in [1.807, 2.05) is 18.3 Å². The Bertz CT molecular complexity index is 412. The minimum Gasteiger partial charge on any atom is -0.265 e. The molecule has 0 amide bonds. The molecule has 2 aromatic heterocycles. The van der Waals surface area contributed by atoms with Gasteiger partial charge in [0.25, 0.3) is 0 Å². The summed E-state index contributed by atoms with van der Waals surface area (Å²) in [7, 11) is 0. The summed E-state index contributed by atoms with van der Waals surface area (Å²) in [5.74, 6) is 0.577. The number of alkyl halides is 1. The summed E-state index contributed by atoms with van der Waals surface area (Å²) in [5.41, 5.74) is 2.09. The lowest BCUT2D eigenvalue weighted by atomic mass is 10.3. The molecule has 15 heavy (non-hydrogen) atoms. The normalized spacial score (nSPS) is 10.5. The highest BCUT2D eigenvalue weighted by Gasteiger charge is 2.00. The number of nitrogens with zero attached hydrogens (tertiary/aromatic N) is 4. The topological polar surface area (TPSA) is 43.6 Å². The highest BCUT2D eigenvalue weighted by Crippen LogP contribution is 2.01. The minimum atomic E-state index is 0.577. The van der Waals surface area contributed by atoms with Gasteiger partial charge in [0.05, 0.1) is 12.2 Å². The van der Waals surface area contributed by atoms with Gasteiger partial charge in [0.1, 0.15) is 0 Å². The van der Waals surface area contributed by atoms with Gasteiger partial charge < -0.3 is 0 Å². The van der Waals surface area contributed by atoms with E-state index in [0.717, 1.165) is 24.2 Å². The molecule has 2 aromatic rings. The van der Waals surface area contributed by atoms with Crippen molar-refractivity contribution in [2.45, 2.75) is 13.0 Å². The molecule has 2 heterocycles. The fraction of sp³-hybridized carbons (Fsp3) is 0.300. The van der Waals surface area contributed by atoms with E-state index >= 15 is 0 Å². The van der Waals surface area contributed by atoms with Crippen LogP contribution < -0.4 is 0 Å². The number of aryl methyl sites for hydroxylation is 1. The third kappa shape index (κ3) is 2.76. The van der Waals surface area contributed by atoms with E-state index < -0.39 is 0 Å². The molecule has 0 aliphatic carbocycles. The molecule has 0 spiro atoms. The van der Waals surface area contributed by atoms with Gasteiger partial charge in [-0.05, 0) is 17.7 Å². The Morgan fingerprint density at radius 1 is 1.27 bits per heavy atom. The number of rotatable bonds is 4. The molecule has 0 aliphatic heterocycles. The van der Waals surface area contributed by atoms with Gasteiger partial charge in [0, 0.05) is 30.9 Å². The van der Waals surface area contributed by atoms with Crippen LogP contribution in [0.1, 0.15) is 11.3 Å². The largest absolute Gasteiger partial charge is 0.265 e. The summed E-state index contributed by atoms with van der Waals surface area (Å²) in [6, 6.07) is 3.92. The van der Waals surface area contributed by atoms with Crippen LogP contribution in [0.25, 0.3) is 0 Å². The van der Waals surface area contributed by atoms with E-state index in [2.05, 4.69) is 15.3 Å². The summed E-state index contributed by atoms with van der Waals surface area (Å²) in [5, 5.41) is 8.03.